The lowest BCUT2D eigenvalue weighted by Gasteiger charge is -2.32. The summed E-state index contributed by atoms with van der Waals surface area (Å²) in [5.41, 5.74) is 0.310. The number of nitrogens with zero attached hydrogens (tertiary/aromatic N) is 2. The first-order chi connectivity index (χ1) is 10.8. The summed E-state index contributed by atoms with van der Waals surface area (Å²) in [6.07, 6.45) is 8.21. The van der Waals surface area contributed by atoms with Gasteiger partial charge in [0.25, 0.3) is 0 Å². The third-order valence-corrected chi connectivity index (χ3v) is 4.44. The van der Waals surface area contributed by atoms with Crippen LogP contribution in [0.15, 0.2) is 47.2 Å². The lowest BCUT2D eigenvalue weighted by molar-refractivity contribution is 0.00578. The quantitative estimate of drug-likeness (QED) is 0.808. The molecule has 0 saturated carbocycles. The molecule has 2 aromatic heterocycles. The summed E-state index contributed by atoms with van der Waals surface area (Å²) in [5.74, 6) is 0. The SMILES string of the molecule is CC1(C)OB(C(F)=CCn2cc(-c3ccoc3)cn2)OC1(C)C. The molecule has 122 valence electrons. The van der Waals surface area contributed by atoms with Gasteiger partial charge in [0.05, 0.1) is 36.5 Å². The Hall–Kier alpha value is -1.86. The van der Waals surface area contributed by atoms with Crippen molar-refractivity contribution in [1.82, 2.24) is 9.78 Å². The van der Waals surface area contributed by atoms with E-state index in [4.69, 9.17) is 13.7 Å². The summed E-state index contributed by atoms with van der Waals surface area (Å²) in [7, 11) is -0.969. The predicted octanol–water partition coefficient (Wildman–Crippen LogP) is 3.63. The molecule has 0 radical (unpaired) electrons. The van der Waals surface area contributed by atoms with Crippen LogP contribution in [0.5, 0.6) is 0 Å². The molecule has 5 nitrogen and oxygen atoms in total. The molecular weight excluding hydrogens is 298 g/mol. The molecule has 0 aliphatic carbocycles. The number of furan rings is 1. The number of halogens is 1. The molecule has 0 aromatic carbocycles. The Morgan fingerprint density at radius 3 is 2.57 bits per heavy atom. The Morgan fingerprint density at radius 2 is 1.96 bits per heavy atom. The minimum Gasteiger partial charge on any atom is -0.472 e. The van der Waals surface area contributed by atoms with E-state index < -0.39 is 24.0 Å². The fourth-order valence-electron chi connectivity index (χ4n) is 2.27. The van der Waals surface area contributed by atoms with E-state index in [1.165, 1.54) is 6.08 Å². The zero-order chi connectivity index (χ0) is 16.7. The van der Waals surface area contributed by atoms with Gasteiger partial charge in [0, 0.05) is 17.3 Å². The monoisotopic (exact) mass is 318 g/mol. The van der Waals surface area contributed by atoms with Crippen LogP contribution in [0.2, 0.25) is 0 Å². The highest BCUT2D eigenvalue weighted by Crippen LogP contribution is 2.38. The van der Waals surface area contributed by atoms with Crippen molar-refractivity contribution in [1.29, 1.82) is 0 Å². The molecule has 7 heteroatoms. The molecule has 1 fully saturated rings. The number of allylic oxidation sites excluding steroid dienone is 1. The topological polar surface area (TPSA) is 49.4 Å². The van der Waals surface area contributed by atoms with E-state index in [1.54, 1.807) is 23.4 Å². The van der Waals surface area contributed by atoms with E-state index in [1.807, 2.05) is 40.0 Å². The smallest absolute Gasteiger partial charge is 0.472 e. The van der Waals surface area contributed by atoms with Crippen LogP contribution in [0.4, 0.5) is 4.39 Å². The third kappa shape index (κ3) is 3.11. The average Bonchev–Trinajstić information content (AvgIpc) is 3.16. The minimum absolute atomic E-state index is 0.299. The minimum atomic E-state index is -0.969. The summed E-state index contributed by atoms with van der Waals surface area (Å²) in [5, 5.41) is 4.21. The Bertz CT molecular complexity index is 691. The largest absolute Gasteiger partial charge is 0.524 e. The van der Waals surface area contributed by atoms with Gasteiger partial charge in [0.1, 0.15) is 5.73 Å². The molecular formula is C16H20BFN2O3. The van der Waals surface area contributed by atoms with Crippen LogP contribution >= 0.6 is 0 Å². The highest BCUT2D eigenvalue weighted by atomic mass is 19.1. The van der Waals surface area contributed by atoms with Crippen molar-refractivity contribution in [2.24, 2.45) is 0 Å². The zero-order valence-corrected chi connectivity index (χ0v) is 13.7. The molecule has 0 N–H and O–H groups in total. The molecule has 0 bridgehead atoms. The first-order valence-corrected chi connectivity index (χ1v) is 7.55. The second kappa shape index (κ2) is 5.65. The lowest BCUT2D eigenvalue weighted by Crippen LogP contribution is -2.41. The van der Waals surface area contributed by atoms with Crippen molar-refractivity contribution in [2.75, 3.05) is 0 Å². The molecule has 3 rings (SSSR count). The van der Waals surface area contributed by atoms with Crippen LogP contribution in [-0.4, -0.2) is 28.1 Å². The van der Waals surface area contributed by atoms with Crippen molar-refractivity contribution < 1.29 is 18.1 Å². The third-order valence-electron chi connectivity index (χ3n) is 4.44. The van der Waals surface area contributed by atoms with Crippen molar-refractivity contribution in [2.45, 2.75) is 45.4 Å². The van der Waals surface area contributed by atoms with Gasteiger partial charge in [0.2, 0.25) is 0 Å². The Balaban J connectivity index is 1.67. The second-order valence-electron chi connectivity index (χ2n) is 6.64. The normalized spacial score (nSPS) is 20.2. The first-order valence-electron chi connectivity index (χ1n) is 7.55. The van der Waals surface area contributed by atoms with Gasteiger partial charge >= 0.3 is 7.12 Å². The maximum atomic E-state index is 14.3. The summed E-state index contributed by atoms with van der Waals surface area (Å²) < 4.78 is 32.3. The maximum Gasteiger partial charge on any atom is 0.524 e. The van der Waals surface area contributed by atoms with E-state index in [9.17, 15) is 4.39 Å². The van der Waals surface area contributed by atoms with E-state index in [2.05, 4.69) is 5.10 Å². The van der Waals surface area contributed by atoms with E-state index >= 15 is 0 Å². The van der Waals surface area contributed by atoms with Gasteiger partial charge in [-0.1, -0.05) is 0 Å². The molecule has 1 saturated heterocycles. The molecule has 0 spiro atoms. The van der Waals surface area contributed by atoms with Gasteiger partial charge in [-0.3, -0.25) is 4.68 Å². The van der Waals surface area contributed by atoms with Crippen molar-refractivity contribution in [3.63, 3.8) is 0 Å². The van der Waals surface area contributed by atoms with Gasteiger partial charge in [0.15, 0.2) is 0 Å². The summed E-state index contributed by atoms with van der Waals surface area (Å²) in [6.45, 7) is 7.87. The first kappa shape index (κ1) is 16.0. The number of hydrogen-bond donors (Lipinski definition) is 0. The van der Waals surface area contributed by atoms with Crippen molar-refractivity contribution in [3.8, 4) is 11.1 Å². The summed E-state index contributed by atoms with van der Waals surface area (Å²) in [4.78, 5) is 0. The number of rotatable bonds is 4. The van der Waals surface area contributed by atoms with Crippen molar-refractivity contribution in [3.05, 3.63) is 42.8 Å². The van der Waals surface area contributed by atoms with Gasteiger partial charge in [-0.15, -0.1) is 0 Å². The molecule has 2 aromatic rings. The summed E-state index contributed by atoms with van der Waals surface area (Å²) >= 11 is 0. The van der Waals surface area contributed by atoms with Crippen LogP contribution in [0.1, 0.15) is 27.7 Å². The highest BCUT2D eigenvalue weighted by molar-refractivity contribution is 6.53. The zero-order valence-electron chi connectivity index (χ0n) is 13.7. The maximum absolute atomic E-state index is 14.3. The highest BCUT2D eigenvalue weighted by Gasteiger charge is 2.52. The molecule has 1 aliphatic rings. The van der Waals surface area contributed by atoms with Crippen LogP contribution < -0.4 is 0 Å². The van der Waals surface area contributed by atoms with Crippen LogP contribution in [0, 0.1) is 0 Å². The number of hydrogen-bond acceptors (Lipinski definition) is 4. The Morgan fingerprint density at radius 1 is 1.26 bits per heavy atom. The fourth-order valence-corrected chi connectivity index (χ4v) is 2.27. The Kier molecular flexibility index (Phi) is 3.94. The van der Waals surface area contributed by atoms with Crippen LogP contribution in [0.25, 0.3) is 11.1 Å². The molecule has 0 amide bonds. The molecule has 3 heterocycles. The molecule has 1 aliphatic heterocycles. The van der Waals surface area contributed by atoms with Crippen LogP contribution in [-0.2, 0) is 15.9 Å². The fraction of sp³-hybridized carbons (Fsp3) is 0.438. The van der Waals surface area contributed by atoms with Gasteiger partial charge in [-0.25, -0.2) is 4.39 Å². The lowest BCUT2D eigenvalue weighted by atomic mass is 9.88. The predicted molar refractivity (Wildman–Crippen MR) is 85.2 cm³/mol. The average molecular weight is 318 g/mol. The summed E-state index contributed by atoms with van der Waals surface area (Å²) in [6, 6.07) is 1.85. The second-order valence-corrected chi connectivity index (χ2v) is 6.64. The standard InChI is InChI=1S/C16H20BFN2O3/c1-15(2)16(3,4)23-17(22-15)14(18)5-7-20-10-13(9-19-20)12-6-8-21-11-12/h5-6,8-11H,7H2,1-4H3. The van der Waals surface area contributed by atoms with Gasteiger partial charge < -0.3 is 13.7 Å². The van der Waals surface area contributed by atoms with Crippen molar-refractivity contribution >= 4 is 7.12 Å². The molecule has 0 atom stereocenters. The van der Waals surface area contributed by atoms with E-state index in [-0.39, 0.29) is 0 Å². The van der Waals surface area contributed by atoms with E-state index in [0.29, 0.717) is 6.54 Å². The van der Waals surface area contributed by atoms with Crippen LogP contribution in [0.3, 0.4) is 0 Å². The Labute approximate surface area is 135 Å². The number of aromatic nitrogens is 2. The van der Waals surface area contributed by atoms with Gasteiger partial charge in [-0.05, 0) is 39.8 Å². The molecule has 0 unspecified atom stereocenters. The van der Waals surface area contributed by atoms with E-state index in [0.717, 1.165) is 11.1 Å². The molecule has 23 heavy (non-hydrogen) atoms. The van der Waals surface area contributed by atoms with Gasteiger partial charge in [-0.2, -0.15) is 5.10 Å².